The van der Waals surface area contributed by atoms with E-state index in [9.17, 15) is 9.59 Å². The molecule has 0 saturated heterocycles. The Morgan fingerprint density at radius 1 is 1.00 bits per heavy atom. The zero-order chi connectivity index (χ0) is 22.1. The summed E-state index contributed by atoms with van der Waals surface area (Å²) in [5.41, 5.74) is 3.35. The van der Waals surface area contributed by atoms with Crippen molar-refractivity contribution in [3.05, 3.63) is 91.1 Å². The molecule has 1 N–H and O–H groups in total. The van der Waals surface area contributed by atoms with E-state index in [0.717, 1.165) is 27.7 Å². The molecular formula is C23H24ClN5O2. The predicted octanol–water partition coefficient (Wildman–Crippen LogP) is 3.10. The first-order valence-electron chi connectivity index (χ1n) is 10.1. The molecule has 0 atom stereocenters. The van der Waals surface area contributed by atoms with Crippen LogP contribution in [0.5, 0.6) is 0 Å². The molecule has 2 heterocycles. The summed E-state index contributed by atoms with van der Waals surface area (Å²) in [5.74, 6) is 0.559. The maximum absolute atomic E-state index is 13.0. The van der Waals surface area contributed by atoms with Gasteiger partial charge in [0.05, 0.1) is 6.54 Å². The van der Waals surface area contributed by atoms with Crippen molar-refractivity contribution < 1.29 is 0 Å². The van der Waals surface area contributed by atoms with Gasteiger partial charge in [0.1, 0.15) is 0 Å². The molecule has 160 valence electrons. The monoisotopic (exact) mass is 437 g/mol. The predicted molar refractivity (Wildman–Crippen MR) is 124 cm³/mol. The van der Waals surface area contributed by atoms with E-state index < -0.39 is 5.69 Å². The number of hydrogen-bond acceptors (Lipinski definition) is 4. The molecule has 4 aromatic rings. The van der Waals surface area contributed by atoms with E-state index in [1.807, 2.05) is 54.0 Å². The van der Waals surface area contributed by atoms with Gasteiger partial charge in [-0.3, -0.25) is 18.5 Å². The zero-order valence-corrected chi connectivity index (χ0v) is 18.5. The highest BCUT2D eigenvalue weighted by Gasteiger charge is 2.19. The minimum Gasteiger partial charge on any atom is -0.355 e. The van der Waals surface area contributed by atoms with Gasteiger partial charge in [-0.25, -0.2) is 4.79 Å². The minimum atomic E-state index is -0.398. The van der Waals surface area contributed by atoms with Crippen LogP contribution in [0.3, 0.4) is 0 Å². The number of aryl methyl sites for hydroxylation is 2. The summed E-state index contributed by atoms with van der Waals surface area (Å²) < 4.78 is 4.38. The van der Waals surface area contributed by atoms with Crippen molar-refractivity contribution in [2.24, 2.45) is 14.1 Å². The van der Waals surface area contributed by atoms with Crippen LogP contribution < -0.4 is 16.6 Å². The zero-order valence-electron chi connectivity index (χ0n) is 17.7. The second kappa shape index (κ2) is 8.43. The smallest absolute Gasteiger partial charge is 0.332 e. The van der Waals surface area contributed by atoms with Crippen molar-refractivity contribution in [2.75, 3.05) is 11.9 Å². The van der Waals surface area contributed by atoms with Crippen LogP contribution >= 0.6 is 11.6 Å². The number of hydrogen-bond donors (Lipinski definition) is 1. The first-order valence-corrected chi connectivity index (χ1v) is 10.4. The lowest BCUT2D eigenvalue weighted by Gasteiger charge is -2.12. The van der Waals surface area contributed by atoms with Crippen LogP contribution in [0.15, 0.2) is 58.1 Å². The normalized spacial score (nSPS) is 11.2. The number of nitrogens with one attached hydrogen (secondary N) is 1. The molecule has 4 rings (SSSR count). The number of benzene rings is 2. The molecule has 0 aliphatic heterocycles. The van der Waals surface area contributed by atoms with Crippen LogP contribution in [0, 0.1) is 6.92 Å². The van der Waals surface area contributed by atoms with E-state index in [0.29, 0.717) is 35.2 Å². The molecule has 31 heavy (non-hydrogen) atoms. The van der Waals surface area contributed by atoms with Gasteiger partial charge in [-0.1, -0.05) is 53.6 Å². The third-order valence-electron chi connectivity index (χ3n) is 5.38. The van der Waals surface area contributed by atoms with Crippen LogP contribution in [0.1, 0.15) is 16.7 Å². The number of fused-ring (bicyclic) bond motifs is 1. The largest absolute Gasteiger partial charge is 0.355 e. The Morgan fingerprint density at radius 2 is 1.74 bits per heavy atom. The summed E-state index contributed by atoms with van der Waals surface area (Å²) in [7, 11) is 3.12. The van der Waals surface area contributed by atoms with Crippen molar-refractivity contribution >= 4 is 28.7 Å². The van der Waals surface area contributed by atoms with Gasteiger partial charge < -0.3 is 5.32 Å². The lowest BCUT2D eigenvalue weighted by atomic mass is 10.1. The number of halogens is 1. The molecule has 0 aliphatic carbocycles. The maximum Gasteiger partial charge on any atom is 0.332 e. The second-order valence-corrected chi connectivity index (χ2v) is 8.13. The Morgan fingerprint density at radius 3 is 2.45 bits per heavy atom. The summed E-state index contributed by atoms with van der Waals surface area (Å²) in [4.78, 5) is 30.0. The molecule has 7 nitrogen and oxygen atoms in total. The number of imidazole rings is 1. The molecule has 2 aromatic heterocycles. The van der Waals surface area contributed by atoms with Gasteiger partial charge >= 0.3 is 5.69 Å². The van der Waals surface area contributed by atoms with E-state index in [2.05, 4.69) is 16.4 Å². The third-order valence-corrected chi connectivity index (χ3v) is 5.63. The fraction of sp³-hybridized carbons (Fsp3) is 0.261. The van der Waals surface area contributed by atoms with Crippen molar-refractivity contribution in [3.63, 3.8) is 0 Å². The van der Waals surface area contributed by atoms with Crippen LogP contribution in [-0.4, -0.2) is 25.2 Å². The lowest BCUT2D eigenvalue weighted by molar-refractivity contribution is 0.702. The quantitative estimate of drug-likeness (QED) is 0.503. The molecule has 0 radical (unpaired) electrons. The van der Waals surface area contributed by atoms with Gasteiger partial charge in [0, 0.05) is 25.7 Å². The van der Waals surface area contributed by atoms with Gasteiger partial charge in [0.15, 0.2) is 11.2 Å². The summed E-state index contributed by atoms with van der Waals surface area (Å²) in [6, 6.07) is 15.8. The summed E-state index contributed by atoms with van der Waals surface area (Å²) in [5, 5.41) is 4.05. The van der Waals surface area contributed by atoms with E-state index in [4.69, 9.17) is 11.6 Å². The van der Waals surface area contributed by atoms with Gasteiger partial charge in [-0.05, 0) is 36.6 Å². The highest BCUT2D eigenvalue weighted by molar-refractivity contribution is 6.30. The second-order valence-electron chi connectivity index (χ2n) is 7.69. The third kappa shape index (κ3) is 4.14. The molecule has 8 heteroatoms. The number of aromatic nitrogens is 4. The number of nitrogens with zero attached hydrogens (tertiary/aromatic N) is 4. The Labute approximate surface area is 184 Å². The average Bonchev–Trinajstić information content (AvgIpc) is 3.10. The standard InChI is InChI=1S/C23H24ClN5O2/c1-15-5-4-6-17(13-15)14-29-19-20(27(2)23(31)28(3)21(19)30)26-22(29)25-12-11-16-7-9-18(24)10-8-16/h4-10,13H,11-12,14H2,1-3H3,(H,25,26). The van der Waals surface area contributed by atoms with Crippen molar-refractivity contribution in [2.45, 2.75) is 19.9 Å². The minimum absolute atomic E-state index is 0.357. The molecule has 0 spiro atoms. The Bertz CT molecular complexity index is 1370. The topological polar surface area (TPSA) is 73.8 Å². The number of rotatable bonds is 6. The molecule has 0 aliphatic rings. The molecule has 0 unspecified atom stereocenters. The van der Waals surface area contributed by atoms with Crippen LogP contribution in [-0.2, 0) is 27.1 Å². The molecule has 0 saturated carbocycles. The summed E-state index contributed by atoms with van der Waals surface area (Å²) >= 11 is 5.96. The van der Waals surface area contributed by atoms with Gasteiger partial charge in [-0.2, -0.15) is 4.98 Å². The first-order chi connectivity index (χ1) is 14.8. The van der Waals surface area contributed by atoms with Crippen molar-refractivity contribution in [1.29, 1.82) is 0 Å². The average molecular weight is 438 g/mol. The van der Waals surface area contributed by atoms with E-state index in [1.165, 1.54) is 11.6 Å². The Kier molecular flexibility index (Phi) is 5.69. The molecule has 0 amide bonds. The highest BCUT2D eigenvalue weighted by Crippen LogP contribution is 2.19. The van der Waals surface area contributed by atoms with Crippen molar-refractivity contribution in [3.8, 4) is 0 Å². The van der Waals surface area contributed by atoms with E-state index in [1.54, 1.807) is 7.05 Å². The molecular weight excluding hydrogens is 414 g/mol. The summed E-state index contributed by atoms with van der Waals surface area (Å²) in [6.07, 6.45) is 0.766. The van der Waals surface area contributed by atoms with Crippen LogP contribution in [0.2, 0.25) is 5.02 Å². The SMILES string of the molecule is Cc1cccc(Cn2c(NCCc3ccc(Cl)cc3)nc3c2c(=O)n(C)c(=O)n3C)c1. The summed E-state index contributed by atoms with van der Waals surface area (Å²) in [6.45, 7) is 3.12. The maximum atomic E-state index is 13.0. The molecule has 2 aromatic carbocycles. The fourth-order valence-electron chi connectivity index (χ4n) is 3.70. The Balaban J connectivity index is 1.74. The van der Waals surface area contributed by atoms with E-state index in [-0.39, 0.29) is 5.56 Å². The van der Waals surface area contributed by atoms with E-state index >= 15 is 0 Å². The molecule has 0 bridgehead atoms. The van der Waals surface area contributed by atoms with Crippen LogP contribution in [0.25, 0.3) is 11.2 Å². The van der Waals surface area contributed by atoms with Crippen molar-refractivity contribution in [1.82, 2.24) is 18.7 Å². The van der Waals surface area contributed by atoms with Crippen LogP contribution in [0.4, 0.5) is 5.95 Å². The van der Waals surface area contributed by atoms with Gasteiger partial charge in [-0.15, -0.1) is 0 Å². The fourth-order valence-corrected chi connectivity index (χ4v) is 3.82. The molecule has 0 fully saturated rings. The first kappa shape index (κ1) is 20.9. The highest BCUT2D eigenvalue weighted by atomic mass is 35.5. The van der Waals surface area contributed by atoms with Gasteiger partial charge in [0.2, 0.25) is 5.95 Å². The number of anilines is 1. The Hall–Kier alpha value is -3.32. The lowest BCUT2D eigenvalue weighted by Crippen LogP contribution is -2.37. The van der Waals surface area contributed by atoms with Gasteiger partial charge in [0.25, 0.3) is 5.56 Å².